The minimum atomic E-state index is -3.18. The van der Waals surface area contributed by atoms with Crippen molar-refractivity contribution >= 4 is 21.8 Å². The molecular formula is C11H24N2O2S2. The van der Waals surface area contributed by atoms with Gasteiger partial charge in [0.05, 0.1) is 5.25 Å². The molecule has 0 aromatic carbocycles. The quantitative estimate of drug-likeness (QED) is 0.666. The molecule has 0 aliphatic heterocycles. The van der Waals surface area contributed by atoms with Crippen molar-refractivity contribution in [3.8, 4) is 0 Å². The first-order valence-electron chi connectivity index (χ1n) is 6.19. The SMILES string of the molecule is CSCCC(C)NS(=O)(=O)C(C)CNC1CC1. The van der Waals surface area contributed by atoms with Crippen LogP contribution in [0.5, 0.6) is 0 Å². The maximum Gasteiger partial charge on any atom is 0.215 e. The predicted octanol–water partition coefficient (Wildman–Crippen LogP) is 1.19. The molecule has 102 valence electrons. The van der Waals surface area contributed by atoms with Crippen molar-refractivity contribution in [1.82, 2.24) is 10.0 Å². The molecule has 0 saturated heterocycles. The number of hydrogen-bond donors (Lipinski definition) is 2. The number of thioether (sulfide) groups is 1. The van der Waals surface area contributed by atoms with Crippen LogP contribution in [0, 0.1) is 0 Å². The molecule has 4 nitrogen and oxygen atoms in total. The molecule has 0 spiro atoms. The summed E-state index contributed by atoms with van der Waals surface area (Å²) < 4.78 is 26.7. The van der Waals surface area contributed by atoms with Gasteiger partial charge in [-0.3, -0.25) is 0 Å². The zero-order valence-electron chi connectivity index (χ0n) is 10.9. The largest absolute Gasteiger partial charge is 0.313 e. The summed E-state index contributed by atoms with van der Waals surface area (Å²) in [6.45, 7) is 4.24. The summed E-state index contributed by atoms with van der Waals surface area (Å²) >= 11 is 1.74. The van der Waals surface area contributed by atoms with E-state index in [1.54, 1.807) is 18.7 Å². The van der Waals surface area contributed by atoms with Crippen molar-refractivity contribution in [3.05, 3.63) is 0 Å². The van der Waals surface area contributed by atoms with Gasteiger partial charge in [-0.05, 0) is 45.1 Å². The molecule has 1 fully saturated rings. The molecule has 2 N–H and O–H groups in total. The molecule has 1 saturated carbocycles. The van der Waals surface area contributed by atoms with Crippen LogP contribution in [-0.4, -0.2) is 44.3 Å². The Labute approximate surface area is 109 Å². The lowest BCUT2D eigenvalue weighted by Gasteiger charge is -2.18. The fraction of sp³-hybridized carbons (Fsp3) is 1.00. The van der Waals surface area contributed by atoms with Crippen molar-refractivity contribution in [2.24, 2.45) is 0 Å². The number of rotatable bonds is 9. The van der Waals surface area contributed by atoms with Gasteiger partial charge < -0.3 is 5.32 Å². The van der Waals surface area contributed by atoms with E-state index in [2.05, 4.69) is 10.0 Å². The Morgan fingerprint density at radius 1 is 1.35 bits per heavy atom. The molecule has 2 unspecified atom stereocenters. The molecule has 0 bridgehead atoms. The van der Waals surface area contributed by atoms with E-state index in [9.17, 15) is 8.42 Å². The first-order valence-corrected chi connectivity index (χ1v) is 9.13. The molecule has 0 amide bonds. The summed E-state index contributed by atoms with van der Waals surface area (Å²) in [7, 11) is -3.18. The summed E-state index contributed by atoms with van der Waals surface area (Å²) in [5.74, 6) is 0.985. The van der Waals surface area contributed by atoms with Gasteiger partial charge in [0.1, 0.15) is 0 Å². The zero-order chi connectivity index (χ0) is 12.9. The van der Waals surface area contributed by atoms with Gasteiger partial charge in [-0.2, -0.15) is 11.8 Å². The summed E-state index contributed by atoms with van der Waals surface area (Å²) in [5, 5.41) is 2.89. The molecule has 0 heterocycles. The van der Waals surface area contributed by atoms with Crippen LogP contribution in [0.4, 0.5) is 0 Å². The smallest absolute Gasteiger partial charge is 0.215 e. The molecule has 6 heteroatoms. The standard InChI is InChI=1S/C11H24N2O2S2/c1-9(6-7-16-3)13-17(14,15)10(2)8-12-11-4-5-11/h9-13H,4-8H2,1-3H3. The Morgan fingerprint density at radius 3 is 2.53 bits per heavy atom. The first kappa shape index (κ1) is 15.3. The molecule has 0 aromatic rings. The summed E-state index contributed by atoms with van der Waals surface area (Å²) in [5.41, 5.74) is 0. The average molecular weight is 280 g/mol. The summed E-state index contributed by atoms with van der Waals surface area (Å²) in [4.78, 5) is 0. The van der Waals surface area contributed by atoms with Gasteiger partial charge in [-0.15, -0.1) is 0 Å². The van der Waals surface area contributed by atoms with Gasteiger partial charge in [0.25, 0.3) is 0 Å². The van der Waals surface area contributed by atoms with Gasteiger partial charge >= 0.3 is 0 Å². The summed E-state index contributed by atoms with van der Waals surface area (Å²) in [6, 6.07) is 0.581. The molecule has 1 rings (SSSR count). The van der Waals surface area contributed by atoms with E-state index in [1.165, 1.54) is 12.8 Å². The second-order valence-electron chi connectivity index (χ2n) is 4.84. The van der Waals surface area contributed by atoms with Gasteiger partial charge in [-0.25, -0.2) is 13.1 Å². The Kier molecular flexibility index (Phi) is 6.26. The van der Waals surface area contributed by atoms with Crippen LogP contribution < -0.4 is 10.0 Å². The highest BCUT2D eigenvalue weighted by Crippen LogP contribution is 2.18. The van der Waals surface area contributed by atoms with Gasteiger partial charge in [0.2, 0.25) is 10.0 Å². The van der Waals surface area contributed by atoms with Crippen LogP contribution in [0.1, 0.15) is 33.1 Å². The van der Waals surface area contributed by atoms with E-state index < -0.39 is 10.0 Å². The number of sulfonamides is 1. The maximum atomic E-state index is 12.0. The number of hydrogen-bond acceptors (Lipinski definition) is 4. The number of nitrogens with one attached hydrogen (secondary N) is 2. The monoisotopic (exact) mass is 280 g/mol. The molecule has 1 aliphatic rings. The third kappa shape index (κ3) is 6.08. The second-order valence-corrected chi connectivity index (χ2v) is 7.95. The van der Waals surface area contributed by atoms with Crippen LogP contribution in [0.2, 0.25) is 0 Å². The van der Waals surface area contributed by atoms with E-state index in [1.807, 2.05) is 13.2 Å². The van der Waals surface area contributed by atoms with E-state index in [4.69, 9.17) is 0 Å². The van der Waals surface area contributed by atoms with Gasteiger partial charge in [0.15, 0.2) is 0 Å². The molecule has 0 aromatic heterocycles. The minimum Gasteiger partial charge on any atom is -0.313 e. The molecule has 2 atom stereocenters. The zero-order valence-corrected chi connectivity index (χ0v) is 12.5. The van der Waals surface area contributed by atoms with Gasteiger partial charge in [-0.1, -0.05) is 0 Å². The van der Waals surface area contributed by atoms with Crippen molar-refractivity contribution in [2.45, 2.75) is 50.4 Å². The first-order chi connectivity index (χ1) is 7.95. The van der Waals surface area contributed by atoms with E-state index >= 15 is 0 Å². The van der Waals surface area contributed by atoms with Crippen molar-refractivity contribution in [2.75, 3.05) is 18.6 Å². The van der Waals surface area contributed by atoms with E-state index in [0.29, 0.717) is 12.6 Å². The van der Waals surface area contributed by atoms with E-state index in [-0.39, 0.29) is 11.3 Å². The van der Waals surface area contributed by atoms with Crippen molar-refractivity contribution < 1.29 is 8.42 Å². The highest BCUT2D eigenvalue weighted by Gasteiger charge is 2.26. The Balaban J connectivity index is 2.31. The maximum absolute atomic E-state index is 12.0. The van der Waals surface area contributed by atoms with Crippen LogP contribution in [0.25, 0.3) is 0 Å². The van der Waals surface area contributed by atoms with Crippen LogP contribution >= 0.6 is 11.8 Å². The second kappa shape index (κ2) is 6.97. The van der Waals surface area contributed by atoms with Crippen molar-refractivity contribution in [1.29, 1.82) is 0 Å². The lowest BCUT2D eigenvalue weighted by molar-refractivity contribution is 0.537. The Hall–Kier alpha value is 0.220. The third-order valence-corrected chi connectivity index (χ3v) is 5.52. The summed E-state index contributed by atoms with van der Waals surface area (Å²) in [6.07, 6.45) is 5.28. The molecular weight excluding hydrogens is 256 g/mol. The lowest BCUT2D eigenvalue weighted by atomic mass is 10.3. The Morgan fingerprint density at radius 2 is 2.00 bits per heavy atom. The highest BCUT2D eigenvalue weighted by molar-refractivity contribution is 7.98. The third-order valence-electron chi connectivity index (χ3n) is 2.92. The molecule has 17 heavy (non-hydrogen) atoms. The fourth-order valence-electron chi connectivity index (χ4n) is 1.48. The fourth-order valence-corrected chi connectivity index (χ4v) is 3.30. The van der Waals surface area contributed by atoms with Gasteiger partial charge in [0, 0.05) is 18.6 Å². The normalized spacial score (nSPS) is 20.2. The lowest BCUT2D eigenvalue weighted by Crippen LogP contribution is -2.43. The van der Waals surface area contributed by atoms with Crippen LogP contribution in [0.15, 0.2) is 0 Å². The molecule has 1 aliphatic carbocycles. The minimum absolute atomic E-state index is 0.0239. The predicted molar refractivity (Wildman–Crippen MR) is 75.0 cm³/mol. The van der Waals surface area contributed by atoms with E-state index in [0.717, 1.165) is 12.2 Å². The van der Waals surface area contributed by atoms with Crippen molar-refractivity contribution in [3.63, 3.8) is 0 Å². The van der Waals surface area contributed by atoms with Crippen LogP contribution in [0.3, 0.4) is 0 Å². The van der Waals surface area contributed by atoms with Crippen LogP contribution in [-0.2, 0) is 10.0 Å². The molecule has 0 radical (unpaired) electrons. The highest BCUT2D eigenvalue weighted by atomic mass is 32.2. The average Bonchev–Trinajstić information content (AvgIpc) is 3.06. The Bertz CT molecular complexity index is 315. The topological polar surface area (TPSA) is 58.2 Å².